The SMILES string of the molecule is CC1CCNC(C(=O)Nc2cccc(-n3ccnc3)c2)C1. The van der Waals surface area contributed by atoms with Crippen molar-refractivity contribution in [1.82, 2.24) is 14.9 Å². The molecule has 1 aromatic carbocycles. The molecule has 2 N–H and O–H groups in total. The van der Waals surface area contributed by atoms with Crippen LogP contribution < -0.4 is 10.6 Å². The number of carbonyl (C=O) groups is 1. The zero-order chi connectivity index (χ0) is 14.7. The van der Waals surface area contributed by atoms with Crippen molar-refractivity contribution in [3.63, 3.8) is 0 Å². The Hall–Kier alpha value is -2.14. The average molecular weight is 284 g/mol. The second kappa shape index (κ2) is 6.10. The first-order chi connectivity index (χ1) is 10.2. The summed E-state index contributed by atoms with van der Waals surface area (Å²) in [5.41, 5.74) is 1.79. The van der Waals surface area contributed by atoms with Crippen molar-refractivity contribution in [3.8, 4) is 5.69 Å². The summed E-state index contributed by atoms with van der Waals surface area (Å²) in [4.78, 5) is 16.4. The second-order valence-electron chi connectivity index (χ2n) is 5.65. The normalized spacial score (nSPS) is 22.0. The summed E-state index contributed by atoms with van der Waals surface area (Å²) >= 11 is 0. The van der Waals surface area contributed by atoms with Crippen LogP contribution >= 0.6 is 0 Å². The third-order valence-corrected chi connectivity index (χ3v) is 3.90. The van der Waals surface area contributed by atoms with Crippen LogP contribution in [0.25, 0.3) is 5.69 Å². The number of nitrogens with zero attached hydrogens (tertiary/aromatic N) is 2. The van der Waals surface area contributed by atoms with E-state index in [1.54, 1.807) is 12.5 Å². The highest BCUT2D eigenvalue weighted by Crippen LogP contribution is 2.18. The van der Waals surface area contributed by atoms with Gasteiger partial charge in [0, 0.05) is 23.8 Å². The molecule has 0 bridgehead atoms. The van der Waals surface area contributed by atoms with Crippen LogP contribution in [0.1, 0.15) is 19.8 Å². The van der Waals surface area contributed by atoms with Gasteiger partial charge in [0.1, 0.15) is 0 Å². The highest BCUT2D eigenvalue weighted by Gasteiger charge is 2.24. The zero-order valence-electron chi connectivity index (χ0n) is 12.1. The van der Waals surface area contributed by atoms with Gasteiger partial charge in [0.25, 0.3) is 0 Å². The molecule has 1 aromatic heterocycles. The molecule has 0 aliphatic carbocycles. The van der Waals surface area contributed by atoms with Gasteiger partial charge < -0.3 is 15.2 Å². The summed E-state index contributed by atoms with van der Waals surface area (Å²) < 4.78 is 1.91. The number of nitrogens with one attached hydrogen (secondary N) is 2. The predicted octanol–water partition coefficient (Wildman–Crippen LogP) is 2.20. The molecule has 0 radical (unpaired) electrons. The molecule has 1 aliphatic rings. The van der Waals surface area contributed by atoms with Crippen LogP contribution in [-0.2, 0) is 4.79 Å². The number of anilines is 1. The maximum absolute atomic E-state index is 12.3. The van der Waals surface area contributed by atoms with Crippen LogP contribution in [0.5, 0.6) is 0 Å². The summed E-state index contributed by atoms with van der Waals surface area (Å²) in [6, 6.07) is 7.68. The maximum atomic E-state index is 12.3. The van der Waals surface area contributed by atoms with Crippen LogP contribution in [0.15, 0.2) is 43.0 Å². The Balaban J connectivity index is 1.70. The molecule has 0 spiro atoms. The van der Waals surface area contributed by atoms with Gasteiger partial charge in [-0.3, -0.25) is 4.79 Å². The fraction of sp³-hybridized carbons (Fsp3) is 0.375. The Kier molecular flexibility index (Phi) is 4.01. The average Bonchev–Trinajstić information content (AvgIpc) is 3.02. The molecule has 2 aromatic rings. The number of carbonyl (C=O) groups excluding carboxylic acids is 1. The van der Waals surface area contributed by atoms with Gasteiger partial charge in [-0.2, -0.15) is 0 Å². The summed E-state index contributed by atoms with van der Waals surface area (Å²) in [6.07, 6.45) is 7.39. The first kappa shape index (κ1) is 13.8. The zero-order valence-corrected chi connectivity index (χ0v) is 12.1. The molecule has 1 aliphatic heterocycles. The molecule has 110 valence electrons. The molecular formula is C16H20N4O. The molecule has 3 rings (SSSR count). The molecule has 5 nitrogen and oxygen atoms in total. The molecule has 2 unspecified atom stereocenters. The molecule has 5 heteroatoms. The smallest absolute Gasteiger partial charge is 0.241 e. The van der Waals surface area contributed by atoms with Crippen molar-refractivity contribution < 1.29 is 4.79 Å². The van der Waals surface area contributed by atoms with E-state index >= 15 is 0 Å². The van der Waals surface area contributed by atoms with E-state index in [-0.39, 0.29) is 11.9 Å². The van der Waals surface area contributed by atoms with Crippen LogP contribution in [0, 0.1) is 5.92 Å². The fourth-order valence-electron chi connectivity index (χ4n) is 2.69. The first-order valence-corrected chi connectivity index (χ1v) is 7.35. The van der Waals surface area contributed by atoms with E-state index < -0.39 is 0 Å². The number of amides is 1. The van der Waals surface area contributed by atoms with E-state index in [2.05, 4.69) is 22.5 Å². The number of imidazole rings is 1. The first-order valence-electron chi connectivity index (χ1n) is 7.35. The Bertz CT molecular complexity index is 608. The Morgan fingerprint density at radius 3 is 3.14 bits per heavy atom. The van der Waals surface area contributed by atoms with Gasteiger partial charge in [0.05, 0.1) is 12.4 Å². The van der Waals surface area contributed by atoms with E-state index in [9.17, 15) is 4.79 Å². The van der Waals surface area contributed by atoms with Crippen molar-refractivity contribution in [2.45, 2.75) is 25.8 Å². The van der Waals surface area contributed by atoms with Crippen molar-refractivity contribution in [1.29, 1.82) is 0 Å². The largest absolute Gasteiger partial charge is 0.325 e. The Morgan fingerprint density at radius 2 is 2.38 bits per heavy atom. The van der Waals surface area contributed by atoms with Crippen LogP contribution in [0.2, 0.25) is 0 Å². The van der Waals surface area contributed by atoms with E-state index in [0.717, 1.165) is 30.8 Å². The lowest BCUT2D eigenvalue weighted by molar-refractivity contribution is -0.119. The van der Waals surface area contributed by atoms with Crippen molar-refractivity contribution in [2.75, 3.05) is 11.9 Å². The molecule has 2 atom stereocenters. The third kappa shape index (κ3) is 3.31. The molecule has 21 heavy (non-hydrogen) atoms. The summed E-state index contributed by atoms with van der Waals surface area (Å²) in [5, 5.41) is 6.28. The minimum atomic E-state index is -0.0920. The van der Waals surface area contributed by atoms with Gasteiger partial charge >= 0.3 is 0 Å². The molecule has 0 saturated carbocycles. The second-order valence-corrected chi connectivity index (χ2v) is 5.65. The summed E-state index contributed by atoms with van der Waals surface area (Å²) in [7, 11) is 0. The summed E-state index contributed by atoms with van der Waals surface area (Å²) in [6.45, 7) is 3.11. The van der Waals surface area contributed by atoms with Crippen LogP contribution in [0.3, 0.4) is 0 Å². The molecule has 1 saturated heterocycles. The number of hydrogen-bond donors (Lipinski definition) is 2. The van der Waals surface area contributed by atoms with Crippen molar-refractivity contribution in [2.24, 2.45) is 5.92 Å². The number of aromatic nitrogens is 2. The van der Waals surface area contributed by atoms with Crippen molar-refractivity contribution in [3.05, 3.63) is 43.0 Å². The van der Waals surface area contributed by atoms with Crippen LogP contribution in [0.4, 0.5) is 5.69 Å². The van der Waals surface area contributed by atoms with Gasteiger partial charge in [-0.1, -0.05) is 13.0 Å². The van der Waals surface area contributed by atoms with E-state index in [0.29, 0.717) is 5.92 Å². The Labute approximate surface area is 124 Å². The number of hydrogen-bond acceptors (Lipinski definition) is 3. The monoisotopic (exact) mass is 284 g/mol. The molecule has 1 amide bonds. The standard InChI is InChI=1S/C16H20N4O/c1-12-5-6-18-15(9-12)16(21)19-13-3-2-4-14(10-13)20-8-7-17-11-20/h2-4,7-8,10-12,15,18H,5-6,9H2,1H3,(H,19,21). The van der Waals surface area contributed by atoms with Crippen LogP contribution in [-0.4, -0.2) is 28.0 Å². The lowest BCUT2D eigenvalue weighted by atomic mass is 9.94. The molecular weight excluding hydrogens is 264 g/mol. The highest BCUT2D eigenvalue weighted by atomic mass is 16.2. The minimum absolute atomic E-state index is 0.0457. The molecule has 1 fully saturated rings. The van der Waals surface area contributed by atoms with Gasteiger partial charge in [-0.25, -0.2) is 4.98 Å². The third-order valence-electron chi connectivity index (χ3n) is 3.90. The quantitative estimate of drug-likeness (QED) is 0.908. The van der Waals surface area contributed by atoms with Gasteiger partial charge in [-0.05, 0) is 43.5 Å². The summed E-state index contributed by atoms with van der Waals surface area (Å²) in [5.74, 6) is 0.642. The molecule has 2 heterocycles. The van der Waals surface area contributed by atoms with E-state index in [1.807, 2.05) is 35.0 Å². The Morgan fingerprint density at radius 1 is 1.48 bits per heavy atom. The number of piperidine rings is 1. The van der Waals surface area contributed by atoms with Gasteiger partial charge in [0.2, 0.25) is 5.91 Å². The number of benzene rings is 1. The minimum Gasteiger partial charge on any atom is -0.325 e. The van der Waals surface area contributed by atoms with Crippen molar-refractivity contribution >= 4 is 11.6 Å². The van der Waals surface area contributed by atoms with Gasteiger partial charge in [-0.15, -0.1) is 0 Å². The lowest BCUT2D eigenvalue weighted by Crippen LogP contribution is -2.45. The lowest BCUT2D eigenvalue weighted by Gasteiger charge is -2.27. The highest BCUT2D eigenvalue weighted by molar-refractivity contribution is 5.95. The predicted molar refractivity (Wildman–Crippen MR) is 82.4 cm³/mol. The van der Waals surface area contributed by atoms with Gasteiger partial charge in [0.15, 0.2) is 0 Å². The topological polar surface area (TPSA) is 59.0 Å². The van der Waals surface area contributed by atoms with E-state index in [1.165, 1.54) is 0 Å². The fourth-order valence-corrected chi connectivity index (χ4v) is 2.69. The number of rotatable bonds is 3. The maximum Gasteiger partial charge on any atom is 0.241 e. The van der Waals surface area contributed by atoms with E-state index in [4.69, 9.17) is 0 Å².